The number of carboxylic acids is 1. The van der Waals surface area contributed by atoms with E-state index in [1.807, 2.05) is 24.3 Å². The fourth-order valence-electron chi connectivity index (χ4n) is 4.63. The Morgan fingerprint density at radius 1 is 1.38 bits per heavy atom. The van der Waals surface area contributed by atoms with Gasteiger partial charge in [0.1, 0.15) is 17.8 Å². The average Bonchev–Trinajstić information content (AvgIpc) is 3.26. The minimum atomic E-state index is -1.07. The molecule has 0 aliphatic carbocycles. The standard InChI is InChI=1S/C19H25N3O4/c1-2-5-15-13(8-20-21-15)17(23)22-9-14-12-6-3-4-7-16(12)26-11-19(14,10-22)18(24)25/h3-4,6-7,13-15,20-21H,2,5,8-11H2,1H3,(H,24,25)/t13?,14-,15?,19-/m1/s1. The monoisotopic (exact) mass is 359 g/mol. The number of hydrogen-bond donors (Lipinski definition) is 3. The molecule has 2 fully saturated rings. The summed E-state index contributed by atoms with van der Waals surface area (Å²) in [5.41, 5.74) is 6.09. The highest BCUT2D eigenvalue weighted by molar-refractivity contribution is 5.84. The molecule has 3 N–H and O–H groups in total. The van der Waals surface area contributed by atoms with Crippen molar-refractivity contribution in [3.8, 4) is 5.75 Å². The second-order valence-corrected chi connectivity index (χ2v) is 7.59. The Morgan fingerprint density at radius 2 is 2.19 bits per heavy atom. The van der Waals surface area contributed by atoms with Crippen LogP contribution in [0.2, 0.25) is 0 Å². The Bertz CT molecular complexity index is 724. The summed E-state index contributed by atoms with van der Waals surface area (Å²) in [4.78, 5) is 27.1. The van der Waals surface area contributed by atoms with Crippen LogP contribution in [-0.4, -0.2) is 54.2 Å². The van der Waals surface area contributed by atoms with Crippen molar-refractivity contribution in [3.63, 3.8) is 0 Å². The molecule has 0 bridgehead atoms. The van der Waals surface area contributed by atoms with Crippen LogP contribution >= 0.6 is 0 Å². The van der Waals surface area contributed by atoms with Crippen LogP contribution in [0.4, 0.5) is 0 Å². The minimum absolute atomic E-state index is 0.0356. The lowest BCUT2D eigenvalue weighted by Crippen LogP contribution is -2.47. The van der Waals surface area contributed by atoms with Crippen molar-refractivity contribution in [1.29, 1.82) is 0 Å². The van der Waals surface area contributed by atoms with Crippen molar-refractivity contribution in [2.45, 2.75) is 31.7 Å². The highest BCUT2D eigenvalue weighted by Gasteiger charge is 2.58. The third-order valence-corrected chi connectivity index (χ3v) is 6.07. The summed E-state index contributed by atoms with van der Waals surface area (Å²) in [6.07, 6.45) is 1.91. The molecule has 1 amide bonds. The Labute approximate surface area is 152 Å². The molecule has 7 heteroatoms. The van der Waals surface area contributed by atoms with Crippen molar-refractivity contribution in [2.24, 2.45) is 11.3 Å². The van der Waals surface area contributed by atoms with E-state index < -0.39 is 11.4 Å². The molecule has 1 aromatic rings. The minimum Gasteiger partial charge on any atom is -0.492 e. The first-order valence-corrected chi connectivity index (χ1v) is 9.29. The summed E-state index contributed by atoms with van der Waals surface area (Å²) in [5, 5.41) is 9.98. The number of fused-ring (bicyclic) bond motifs is 3. The third kappa shape index (κ3) is 2.57. The second kappa shape index (κ2) is 6.55. The molecule has 3 aliphatic rings. The van der Waals surface area contributed by atoms with E-state index in [1.54, 1.807) is 4.90 Å². The van der Waals surface area contributed by atoms with Gasteiger partial charge < -0.3 is 14.7 Å². The molecular formula is C19H25N3O4. The zero-order chi connectivity index (χ0) is 18.3. The molecule has 3 heterocycles. The molecule has 7 nitrogen and oxygen atoms in total. The van der Waals surface area contributed by atoms with E-state index >= 15 is 0 Å². The zero-order valence-corrected chi connectivity index (χ0v) is 14.9. The van der Waals surface area contributed by atoms with Gasteiger partial charge in [-0.25, -0.2) is 0 Å². The number of hydrogen-bond acceptors (Lipinski definition) is 5. The maximum atomic E-state index is 13.2. The van der Waals surface area contributed by atoms with Crippen LogP contribution in [0, 0.1) is 11.3 Å². The van der Waals surface area contributed by atoms with E-state index in [4.69, 9.17) is 4.74 Å². The number of likely N-dealkylation sites (tertiary alicyclic amines) is 1. The van der Waals surface area contributed by atoms with Crippen molar-refractivity contribution in [1.82, 2.24) is 15.8 Å². The molecule has 0 radical (unpaired) electrons. The summed E-state index contributed by atoms with van der Waals surface area (Å²) in [6, 6.07) is 7.67. The summed E-state index contributed by atoms with van der Waals surface area (Å²) in [5.74, 6) is -0.511. The summed E-state index contributed by atoms with van der Waals surface area (Å²) >= 11 is 0. The number of amides is 1. The second-order valence-electron chi connectivity index (χ2n) is 7.59. The lowest BCUT2D eigenvalue weighted by Gasteiger charge is -2.35. The number of rotatable bonds is 4. The van der Waals surface area contributed by atoms with Crippen LogP contribution in [0.3, 0.4) is 0 Å². The van der Waals surface area contributed by atoms with Crippen LogP contribution in [-0.2, 0) is 9.59 Å². The molecule has 2 saturated heterocycles. The van der Waals surface area contributed by atoms with Gasteiger partial charge in [0.05, 0.1) is 5.92 Å². The van der Waals surface area contributed by atoms with Crippen LogP contribution < -0.4 is 15.6 Å². The molecule has 0 spiro atoms. The van der Waals surface area contributed by atoms with Crippen molar-refractivity contribution in [2.75, 3.05) is 26.2 Å². The van der Waals surface area contributed by atoms with Gasteiger partial charge >= 0.3 is 5.97 Å². The number of ether oxygens (including phenoxy) is 1. The summed E-state index contributed by atoms with van der Waals surface area (Å²) in [6.45, 7) is 3.42. The van der Waals surface area contributed by atoms with Gasteiger partial charge in [-0.2, -0.15) is 0 Å². The lowest BCUT2D eigenvalue weighted by molar-refractivity contribution is -0.152. The van der Waals surface area contributed by atoms with E-state index in [1.165, 1.54) is 0 Å². The Kier molecular flexibility index (Phi) is 4.36. The van der Waals surface area contributed by atoms with Crippen LogP contribution in [0.15, 0.2) is 24.3 Å². The number of hydrazine groups is 1. The highest BCUT2D eigenvalue weighted by Crippen LogP contribution is 2.50. The number of carbonyl (C=O) groups is 2. The van der Waals surface area contributed by atoms with Crippen molar-refractivity contribution >= 4 is 11.9 Å². The fraction of sp³-hybridized carbons (Fsp3) is 0.579. The first kappa shape index (κ1) is 17.3. The number of nitrogens with zero attached hydrogens (tertiary/aromatic N) is 1. The molecule has 4 rings (SSSR count). The first-order valence-electron chi connectivity index (χ1n) is 9.29. The smallest absolute Gasteiger partial charge is 0.315 e. The van der Waals surface area contributed by atoms with Gasteiger partial charge in [-0.1, -0.05) is 31.5 Å². The molecular weight excluding hydrogens is 334 g/mol. The predicted molar refractivity (Wildman–Crippen MR) is 94.7 cm³/mol. The highest BCUT2D eigenvalue weighted by atomic mass is 16.5. The van der Waals surface area contributed by atoms with E-state index in [9.17, 15) is 14.7 Å². The molecule has 0 saturated carbocycles. The lowest BCUT2D eigenvalue weighted by atomic mass is 9.73. The van der Waals surface area contributed by atoms with Crippen molar-refractivity contribution < 1.29 is 19.4 Å². The van der Waals surface area contributed by atoms with E-state index in [0.717, 1.165) is 24.2 Å². The van der Waals surface area contributed by atoms with E-state index in [0.29, 0.717) is 13.1 Å². The fourth-order valence-corrected chi connectivity index (χ4v) is 4.63. The topological polar surface area (TPSA) is 90.9 Å². The first-order chi connectivity index (χ1) is 12.6. The Hall–Kier alpha value is -2.12. The van der Waals surface area contributed by atoms with Gasteiger partial charge in [0, 0.05) is 37.2 Å². The molecule has 0 aromatic heterocycles. The Morgan fingerprint density at radius 3 is 2.96 bits per heavy atom. The van der Waals surface area contributed by atoms with Gasteiger partial charge in [-0.15, -0.1) is 0 Å². The molecule has 26 heavy (non-hydrogen) atoms. The van der Waals surface area contributed by atoms with Gasteiger partial charge in [-0.05, 0) is 12.5 Å². The van der Waals surface area contributed by atoms with Gasteiger partial charge in [0.15, 0.2) is 0 Å². The van der Waals surface area contributed by atoms with Gasteiger partial charge in [0.2, 0.25) is 5.91 Å². The number of carbonyl (C=O) groups excluding carboxylic acids is 1. The molecule has 3 aliphatic heterocycles. The van der Waals surface area contributed by atoms with Crippen molar-refractivity contribution in [3.05, 3.63) is 29.8 Å². The van der Waals surface area contributed by atoms with Gasteiger partial charge in [-0.3, -0.25) is 20.4 Å². The zero-order valence-electron chi connectivity index (χ0n) is 14.9. The van der Waals surface area contributed by atoms with Crippen LogP contribution in [0.25, 0.3) is 0 Å². The SMILES string of the molecule is CCCC1NNCC1C(=O)N1C[C@@H]2c3ccccc3OC[C@]2(C(=O)O)C1. The molecule has 140 valence electrons. The summed E-state index contributed by atoms with van der Waals surface area (Å²) < 4.78 is 5.77. The molecule has 2 unspecified atom stereocenters. The number of carboxylic acid groups (broad SMARTS) is 1. The van der Waals surface area contributed by atoms with E-state index in [-0.39, 0.29) is 36.9 Å². The summed E-state index contributed by atoms with van der Waals surface area (Å²) in [7, 11) is 0. The van der Waals surface area contributed by atoms with Crippen LogP contribution in [0.5, 0.6) is 5.75 Å². The molecule has 1 aromatic carbocycles. The average molecular weight is 359 g/mol. The third-order valence-electron chi connectivity index (χ3n) is 6.07. The van der Waals surface area contributed by atoms with Gasteiger partial charge in [0.25, 0.3) is 0 Å². The normalized spacial score (nSPS) is 32.7. The largest absolute Gasteiger partial charge is 0.492 e. The number of aliphatic carboxylic acids is 1. The maximum Gasteiger partial charge on any atom is 0.315 e. The quantitative estimate of drug-likeness (QED) is 0.742. The number of benzene rings is 1. The Balaban J connectivity index is 1.62. The number of para-hydroxylation sites is 1. The maximum absolute atomic E-state index is 13.2. The van der Waals surface area contributed by atoms with Crippen LogP contribution in [0.1, 0.15) is 31.2 Å². The molecule has 4 atom stereocenters. The number of nitrogens with one attached hydrogen (secondary N) is 2. The van der Waals surface area contributed by atoms with E-state index in [2.05, 4.69) is 17.8 Å². The predicted octanol–water partition coefficient (Wildman–Crippen LogP) is 0.968.